The lowest BCUT2D eigenvalue weighted by Gasteiger charge is -2.54. The molecule has 3 rings (SSSR count). The Kier molecular flexibility index (Phi) is 5.51. The summed E-state index contributed by atoms with van der Waals surface area (Å²) in [5.74, 6) is 0. The Labute approximate surface area is 167 Å². The highest BCUT2D eigenvalue weighted by Crippen LogP contribution is 2.73. The van der Waals surface area contributed by atoms with Gasteiger partial charge in [0.2, 0.25) is 0 Å². The molecule has 0 spiro atoms. The predicted octanol–water partition coefficient (Wildman–Crippen LogP) is 8.14. The number of hydrogen-bond acceptors (Lipinski definition) is 0. The monoisotopic (exact) mass is 376 g/mol. The van der Waals surface area contributed by atoms with E-state index < -0.39 is 0 Å². The minimum atomic E-state index is -0.366. The van der Waals surface area contributed by atoms with Crippen molar-refractivity contribution in [1.82, 2.24) is 0 Å². The maximum atomic E-state index is 2.51. The van der Waals surface area contributed by atoms with Crippen LogP contribution in [0.2, 0.25) is 0 Å². The lowest BCUT2D eigenvalue weighted by atomic mass is 9.85. The minimum Gasteiger partial charge on any atom is -0.0830 e. The van der Waals surface area contributed by atoms with E-state index in [1.165, 1.54) is 16.7 Å². The molecule has 0 fully saturated rings. The van der Waals surface area contributed by atoms with Crippen molar-refractivity contribution >= 4 is 7.92 Å². The van der Waals surface area contributed by atoms with E-state index in [0.717, 1.165) is 6.42 Å². The smallest absolute Gasteiger partial charge is 0.0385 e. The average molecular weight is 377 g/mol. The minimum absolute atomic E-state index is 0.0486. The summed E-state index contributed by atoms with van der Waals surface area (Å²) in [6.07, 6.45) is 10.4. The van der Waals surface area contributed by atoms with Gasteiger partial charge in [0.25, 0.3) is 0 Å². The van der Waals surface area contributed by atoms with Gasteiger partial charge in [-0.3, -0.25) is 0 Å². The van der Waals surface area contributed by atoms with Crippen LogP contribution in [0.15, 0.2) is 78.9 Å². The summed E-state index contributed by atoms with van der Waals surface area (Å²) in [5, 5.41) is 0.535. The van der Waals surface area contributed by atoms with Gasteiger partial charge in [-0.1, -0.05) is 128 Å². The van der Waals surface area contributed by atoms with Crippen LogP contribution in [0.3, 0.4) is 0 Å². The van der Waals surface area contributed by atoms with Gasteiger partial charge in [0, 0.05) is 5.16 Å². The molecule has 1 aliphatic carbocycles. The normalized spacial score (nSPS) is 20.3. The fraction of sp³-hybridized carbons (Fsp3) is 0.385. The van der Waals surface area contributed by atoms with Gasteiger partial charge in [0.1, 0.15) is 0 Å². The SMILES string of the molecule is CC(C)(C)P(C(C)(C)C)C1(c2ccccc2-c2ccccc2)C=CC=CC1. The van der Waals surface area contributed by atoms with Crippen molar-refractivity contribution in [3.63, 3.8) is 0 Å². The van der Waals surface area contributed by atoms with Crippen molar-refractivity contribution in [2.24, 2.45) is 0 Å². The molecule has 2 aromatic rings. The molecule has 0 nitrogen and oxygen atoms in total. The molecular weight excluding hydrogens is 343 g/mol. The highest BCUT2D eigenvalue weighted by molar-refractivity contribution is 7.62. The maximum absolute atomic E-state index is 2.51. The maximum Gasteiger partial charge on any atom is 0.0385 e. The zero-order valence-corrected chi connectivity index (χ0v) is 18.6. The number of hydrogen-bond donors (Lipinski definition) is 0. The molecule has 27 heavy (non-hydrogen) atoms. The van der Waals surface area contributed by atoms with E-state index in [0.29, 0.717) is 0 Å². The molecule has 1 unspecified atom stereocenters. The van der Waals surface area contributed by atoms with Crippen molar-refractivity contribution in [3.05, 3.63) is 84.5 Å². The lowest BCUT2D eigenvalue weighted by molar-refractivity contribution is 0.638. The van der Waals surface area contributed by atoms with Crippen LogP contribution in [-0.2, 0) is 5.16 Å². The molecule has 0 saturated heterocycles. The van der Waals surface area contributed by atoms with E-state index in [1.807, 2.05) is 0 Å². The molecule has 0 bridgehead atoms. The molecule has 1 heteroatoms. The third kappa shape index (κ3) is 3.97. The van der Waals surface area contributed by atoms with Gasteiger partial charge in [-0.2, -0.15) is 0 Å². The molecule has 0 N–H and O–H groups in total. The van der Waals surface area contributed by atoms with Gasteiger partial charge in [-0.25, -0.2) is 0 Å². The predicted molar refractivity (Wildman–Crippen MR) is 123 cm³/mol. The van der Waals surface area contributed by atoms with Crippen molar-refractivity contribution in [2.75, 3.05) is 0 Å². The standard InChI is InChI=1S/C26H33P/c1-24(2,3)27(25(4,5)6)26(19-13-8-14-20-26)23-18-12-11-17-22(23)21-15-9-7-10-16-21/h7-19H,20H2,1-6H3. The first-order valence-corrected chi connectivity index (χ1v) is 11.3. The Morgan fingerprint density at radius 3 is 1.89 bits per heavy atom. The Bertz CT molecular complexity index is 817. The first kappa shape index (κ1) is 20.1. The van der Waals surface area contributed by atoms with Gasteiger partial charge in [0.05, 0.1) is 0 Å². The van der Waals surface area contributed by atoms with Gasteiger partial charge >= 0.3 is 0 Å². The van der Waals surface area contributed by atoms with Crippen molar-refractivity contribution in [1.29, 1.82) is 0 Å². The van der Waals surface area contributed by atoms with Gasteiger partial charge in [-0.15, -0.1) is 0 Å². The number of allylic oxidation sites excluding steroid dienone is 4. The van der Waals surface area contributed by atoms with Crippen LogP contribution < -0.4 is 0 Å². The van der Waals surface area contributed by atoms with Crippen LogP contribution in [0.4, 0.5) is 0 Å². The van der Waals surface area contributed by atoms with E-state index in [9.17, 15) is 0 Å². The first-order valence-electron chi connectivity index (χ1n) is 9.96. The summed E-state index contributed by atoms with van der Waals surface area (Å²) in [5.41, 5.74) is 4.17. The largest absolute Gasteiger partial charge is 0.0830 e. The summed E-state index contributed by atoms with van der Waals surface area (Å²) in [7, 11) is -0.366. The summed E-state index contributed by atoms with van der Waals surface area (Å²) >= 11 is 0. The fourth-order valence-corrected chi connectivity index (χ4v) is 10.4. The Balaban J connectivity index is 2.30. The Morgan fingerprint density at radius 2 is 1.33 bits per heavy atom. The van der Waals surface area contributed by atoms with Crippen LogP contribution in [0.25, 0.3) is 11.1 Å². The van der Waals surface area contributed by atoms with Crippen LogP contribution in [0, 0.1) is 0 Å². The van der Waals surface area contributed by atoms with E-state index in [1.54, 1.807) is 0 Å². The van der Waals surface area contributed by atoms with Crippen LogP contribution in [-0.4, -0.2) is 10.3 Å². The van der Waals surface area contributed by atoms with Crippen LogP contribution in [0.5, 0.6) is 0 Å². The number of benzene rings is 2. The first-order chi connectivity index (χ1) is 12.7. The molecule has 1 atom stereocenters. The highest BCUT2D eigenvalue weighted by atomic mass is 31.1. The average Bonchev–Trinajstić information content (AvgIpc) is 2.61. The van der Waals surface area contributed by atoms with Crippen molar-refractivity contribution in [2.45, 2.75) is 63.4 Å². The third-order valence-electron chi connectivity index (χ3n) is 5.27. The van der Waals surface area contributed by atoms with Gasteiger partial charge in [0.15, 0.2) is 0 Å². The lowest BCUT2D eigenvalue weighted by Crippen LogP contribution is -2.38. The molecule has 142 valence electrons. The summed E-state index contributed by atoms with van der Waals surface area (Å²) in [4.78, 5) is 0. The van der Waals surface area contributed by atoms with Crippen molar-refractivity contribution < 1.29 is 0 Å². The van der Waals surface area contributed by atoms with Crippen LogP contribution in [0.1, 0.15) is 53.5 Å². The second kappa shape index (κ2) is 7.40. The summed E-state index contributed by atoms with van der Waals surface area (Å²) in [6, 6.07) is 19.9. The summed E-state index contributed by atoms with van der Waals surface area (Å²) < 4.78 is 0. The molecule has 0 saturated carbocycles. The molecule has 0 radical (unpaired) electrons. The topological polar surface area (TPSA) is 0 Å². The molecule has 0 heterocycles. The number of rotatable bonds is 3. The molecule has 1 aliphatic rings. The van der Waals surface area contributed by atoms with E-state index in [-0.39, 0.29) is 23.4 Å². The second-order valence-electron chi connectivity index (χ2n) is 9.50. The zero-order valence-electron chi connectivity index (χ0n) is 17.7. The molecule has 0 aliphatic heterocycles. The Morgan fingerprint density at radius 1 is 0.741 bits per heavy atom. The second-order valence-corrected chi connectivity index (χ2v) is 13.7. The molecular formula is C26H33P. The molecule has 0 amide bonds. The quantitative estimate of drug-likeness (QED) is 0.474. The fourth-order valence-electron chi connectivity index (χ4n) is 5.03. The van der Waals surface area contributed by atoms with Crippen molar-refractivity contribution in [3.8, 4) is 11.1 Å². The summed E-state index contributed by atoms with van der Waals surface area (Å²) in [6.45, 7) is 14.6. The van der Waals surface area contributed by atoms with E-state index in [4.69, 9.17) is 0 Å². The molecule has 2 aromatic carbocycles. The van der Waals surface area contributed by atoms with E-state index >= 15 is 0 Å². The molecule has 0 aromatic heterocycles. The van der Waals surface area contributed by atoms with E-state index in [2.05, 4.69) is 120 Å². The Hall–Kier alpha value is -1.65. The zero-order chi connectivity index (χ0) is 19.7. The van der Waals surface area contributed by atoms with Gasteiger partial charge < -0.3 is 0 Å². The van der Waals surface area contributed by atoms with Gasteiger partial charge in [-0.05, 0) is 33.4 Å². The highest BCUT2D eigenvalue weighted by Gasteiger charge is 2.49. The van der Waals surface area contributed by atoms with Crippen LogP contribution >= 0.6 is 7.92 Å². The third-order valence-corrected chi connectivity index (χ3v) is 9.32.